The number of halogens is 2. The first-order chi connectivity index (χ1) is 14.1. The molecule has 0 unspecified atom stereocenters. The zero-order chi connectivity index (χ0) is 20.5. The Labute approximate surface area is 180 Å². The van der Waals surface area contributed by atoms with E-state index in [0.717, 1.165) is 18.5 Å². The van der Waals surface area contributed by atoms with Crippen LogP contribution in [0.3, 0.4) is 0 Å². The van der Waals surface area contributed by atoms with Gasteiger partial charge >= 0.3 is 0 Å². The molecule has 0 spiro atoms. The SMILES string of the molecule is O=C(NCCCNc1nccc(CCc2ccccc2)n1)c1c(Cl)cccc1Cl. The van der Waals surface area contributed by atoms with Crippen molar-refractivity contribution in [3.05, 3.63) is 87.7 Å². The van der Waals surface area contributed by atoms with Crippen LogP contribution in [0.5, 0.6) is 0 Å². The van der Waals surface area contributed by atoms with Gasteiger partial charge in [-0.05, 0) is 43.0 Å². The maximum Gasteiger partial charge on any atom is 0.254 e. The molecule has 2 N–H and O–H groups in total. The van der Waals surface area contributed by atoms with Crippen molar-refractivity contribution >= 4 is 35.1 Å². The summed E-state index contributed by atoms with van der Waals surface area (Å²) in [7, 11) is 0. The van der Waals surface area contributed by atoms with Crippen LogP contribution in [0.4, 0.5) is 5.95 Å². The Morgan fingerprint density at radius 1 is 0.897 bits per heavy atom. The lowest BCUT2D eigenvalue weighted by Gasteiger charge is -2.09. The van der Waals surface area contributed by atoms with Gasteiger partial charge in [-0.3, -0.25) is 4.79 Å². The van der Waals surface area contributed by atoms with E-state index >= 15 is 0 Å². The molecule has 1 amide bonds. The third-order valence-corrected chi connectivity index (χ3v) is 4.97. The first kappa shape index (κ1) is 21.1. The number of hydrogen-bond acceptors (Lipinski definition) is 4. The quantitative estimate of drug-likeness (QED) is 0.480. The molecule has 0 fully saturated rings. The summed E-state index contributed by atoms with van der Waals surface area (Å²) in [4.78, 5) is 21.0. The smallest absolute Gasteiger partial charge is 0.254 e. The van der Waals surface area contributed by atoms with E-state index in [1.807, 2.05) is 24.3 Å². The molecule has 3 rings (SSSR count). The second kappa shape index (κ2) is 10.8. The molecule has 0 aliphatic rings. The summed E-state index contributed by atoms with van der Waals surface area (Å²) in [5.41, 5.74) is 2.58. The molecule has 29 heavy (non-hydrogen) atoms. The van der Waals surface area contributed by atoms with Gasteiger partial charge in [0.05, 0.1) is 15.6 Å². The molecule has 7 heteroatoms. The zero-order valence-electron chi connectivity index (χ0n) is 15.9. The van der Waals surface area contributed by atoms with E-state index in [9.17, 15) is 4.79 Å². The molecule has 0 saturated carbocycles. The van der Waals surface area contributed by atoms with Crippen molar-refractivity contribution in [3.8, 4) is 0 Å². The maximum absolute atomic E-state index is 12.2. The number of aromatic nitrogens is 2. The highest BCUT2D eigenvalue weighted by atomic mass is 35.5. The van der Waals surface area contributed by atoms with Crippen LogP contribution in [0, 0.1) is 0 Å². The third-order valence-electron chi connectivity index (χ3n) is 4.34. The van der Waals surface area contributed by atoms with Crippen molar-refractivity contribution in [1.82, 2.24) is 15.3 Å². The normalized spacial score (nSPS) is 10.6. The van der Waals surface area contributed by atoms with Gasteiger partial charge in [0.1, 0.15) is 0 Å². The van der Waals surface area contributed by atoms with Crippen molar-refractivity contribution < 1.29 is 4.79 Å². The highest BCUT2D eigenvalue weighted by Gasteiger charge is 2.13. The van der Waals surface area contributed by atoms with Gasteiger partial charge in [0.25, 0.3) is 5.91 Å². The third kappa shape index (κ3) is 6.44. The van der Waals surface area contributed by atoms with Gasteiger partial charge in [0.15, 0.2) is 0 Å². The summed E-state index contributed by atoms with van der Waals surface area (Å²) < 4.78 is 0. The van der Waals surface area contributed by atoms with Crippen molar-refractivity contribution in [2.75, 3.05) is 18.4 Å². The number of nitrogens with zero attached hydrogens (tertiary/aromatic N) is 2. The van der Waals surface area contributed by atoms with E-state index in [1.165, 1.54) is 5.56 Å². The highest BCUT2D eigenvalue weighted by molar-refractivity contribution is 6.39. The molecule has 3 aromatic rings. The van der Waals surface area contributed by atoms with Crippen molar-refractivity contribution in [1.29, 1.82) is 0 Å². The molecule has 1 aromatic heterocycles. The summed E-state index contributed by atoms with van der Waals surface area (Å²) in [5, 5.41) is 6.70. The molecule has 1 heterocycles. The highest BCUT2D eigenvalue weighted by Crippen LogP contribution is 2.23. The Balaban J connectivity index is 1.41. The Hall–Kier alpha value is -2.63. The fourth-order valence-electron chi connectivity index (χ4n) is 2.83. The predicted octanol–water partition coefficient (Wildman–Crippen LogP) is 4.80. The van der Waals surface area contributed by atoms with E-state index in [2.05, 4.69) is 32.7 Å². The lowest BCUT2D eigenvalue weighted by Crippen LogP contribution is -2.26. The minimum Gasteiger partial charge on any atom is -0.354 e. The van der Waals surface area contributed by atoms with E-state index in [1.54, 1.807) is 24.4 Å². The topological polar surface area (TPSA) is 66.9 Å². The average molecular weight is 429 g/mol. The maximum atomic E-state index is 12.2. The Morgan fingerprint density at radius 2 is 1.66 bits per heavy atom. The van der Waals surface area contributed by atoms with Crippen LogP contribution in [0.1, 0.15) is 28.0 Å². The first-order valence-electron chi connectivity index (χ1n) is 9.45. The second-order valence-corrected chi connectivity index (χ2v) is 7.30. The Bertz CT molecular complexity index is 930. The standard InChI is InChI=1S/C22H22Cl2N4O/c23-18-8-4-9-19(24)20(18)21(29)25-13-5-14-26-22-27-15-12-17(28-22)11-10-16-6-2-1-3-7-16/h1-4,6-9,12,15H,5,10-11,13-14H2,(H,25,29)(H,26,27,28). The molecule has 0 bridgehead atoms. The van der Waals surface area contributed by atoms with Gasteiger partial charge in [0, 0.05) is 25.0 Å². The van der Waals surface area contributed by atoms with Crippen molar-refractivity contribution in [2.45, 2.75) is 19.3 Å². The molecular weight excluding hydrogens is 407 g/mol. The van der Waals surface area contributed by atoms with Crippen LogP contribution in [0.25, 0.3) is 0 Å². The molecule has 150 valence electrons. The summed E-state index contributed by atoms with van der Waals surface area (Å²) in [5.74, 6) is 0.316. The molecule has 0 atom stereocenters. The van der Waals surface area contributed by atoms with Gasteiger partial charge in [-0.15, -0.1) is 0 Å². The van der Waals surface area contributed by atoms with Gasteiger partial charge in [0.2, 0.25) is 5.95 Å². The zero-order valence-corrected chi connectivity index (χ0v) is 17.4. The number of benzene rings is 2. The predicted molar refractivity (Wildman–Crippen MR) is 118 cm³/mol. The number of anilines is 1. The lowest BCUT2D eigenvalue weighted by atomic mass is 10.1. The summed E-state index contributed by atoms with van der Waals surface area (Å²) in [6.07, 6.45) is 4.27. The van der Waals surface area contributed by atoms with E-state index in [0.29, 0.717) is 41.1 Å². The summed E-state index contributed by atoms with van der Waals surface area (Å²) in [6.45, 7) is 1.12. The number of carbonyl (C=O) groups is 1. The van der Waals surface area contributed by atoms with Crippen LogP contribution in [-0.2, 0) is 12.8 Å². The number of carbonyl (C=O) groups excluding carboxylic acids is 1. The number of rotatable bonds is 9. The largest absolute Gasteiger partial charge is 0.354 e. The minimum atomic E-state index is -0.278. The van der Waals surface area contributed by atoms with Crippen LogP contribution in [-0.4, -0.2) is 29.0 Å². The summed E-state index contributed by atoms with van der Waals surface area (Å²) >= 11 is 12.1. The molecule has 0 aliphatic carbocycles. The number of aryl methyl sites for hydroxylation is 2. The molecule has 0 radical (unpaired) electrons. The van der Waals surface area contributed by atoms with Crippen molar-refractivity contribution in [2.24, 2.45) is 0 Å². The summed E-state index contributed by atoms with van der Waals surface area (Å²) in [6, 6.07) is 17.3. The van der Waals surface area contributed by atoms with Gasteiger partial charge < -0.3 is 10.6 Å². The molecule has 5 nitrogen and oxygen atoms in total. The van der Waals surface area contributed by atoms with Gasteiger partial charge in [-0.25, -0.2) is 9.97 Å². The number of hydrogen-bond donors (Lipinski definition) is 2. The fraction of sp³-hybridized carbons (Fsp3) is 0.227. The van der Waals surface area contributed by atoms with Crippen LogP contribution in [0.2, 0.25) is 10.0 Å². The number of nitrogens with one attached hydrogen (secondary N) is 2. The van der Waals surface area contributed by atoms with E-state index < -0.39 is 0 Å². The van der Waals surface area contributed by atoms with Crippen molar-refractivity contribution in [3.63, 3.8) is 0 Å². The average Bonchev–Trinajstić information content (AvgIpc) is 2.73. The Kier molecular flexibility index (Phi) is 7.85. The van der Waals surface area contributed by atoms with Crippen LogP contribution >= 0.6 is 23.2 Å². The Morgan fingerprint density at radius 3 is 2.41 bits per heavy atom. The first-order valence-corrected chi connectivity index (χ1v) is 10.2. The second-order valence-electron chi connectivity index (χ2n) is 6.49. The molecule has 0 aliphatic heterocycles. The van der Waals surface area contributed by atoms with Gasteiger partial charge in [-0.1, -0.05) is 59.6 Å². The van der Waals surface area contributed by atoms with E-state index in [-0.39, 0.29) is 5.91 Å². The minimum absolute atomic E-state index is 0.278. The monoisotopic (exact) mass is 428 g/mol. The lowest BCUT2D eigenvalue weighted by molar-refractivity contribution is 0.0954. The van der Waals surface area contributed by atoms with Crippen LogP contribution in [0.15, 0.2) is 60.8 Å². The van der Waals surface area contributed by atoms with Crippen LogP contribution < -0.4 is 10.6 Å². The van der Waals surface area contributed by atoms with E-state index in [4.69, 9.17) is 23.2 Å². The van der Waals surface area contributed by atoms with Gasteiger partial charge in [-0.2, -0.15) is 0 Å². The number of amides is 1. The molecular formula is C22H22Cl2N4O. The molecule has 0 saturated heterocycles. The fourth-order valence-corrected chi connectivity index (χ4v) is 3.40. The molecule has 2 aromatic carbocycles.